The third-order valence-electron chi connectivity index (χ3n) is 7.23. The van der Waals surface area contributed by atoms with Crippen molar-refractivity contribution in [1.29, 1.82) is 5.26 Å². The zero-order chi connectivity index (χ0) is 19.9. The lowest BCUT2D eigenvalue weighted by atomic mass is 9.69. The van der Waals surface area contributed by atoms with Crippen LogP contribution in [0.3, 0.4) is 0 Å². The fourth-order valence-corrected chi connectivity index (χ4v) is 5.21. The number of carbonyl (C=O) groups is 1. The van der Waals surface area contributed by atoms with Crippen molar-refractivity contribution in [3.8, 4) is 6.07 Å². The Morgan fingerprint density at radius 3 is 2.14 bits per heavy atom. The number of rotatable bonds is 6. The number of hydrogen-bond donors (Lipinski definition) is 0. The summed E-state index contributed by atoms with van der Waals surface area (Å²) in [7, 11) is 0. The first kappa shape index (κ1) is 20.9. The smallest absolute Gasteiger partial charge is 0.338 e. The molecule has 2 fully saturated rings. The zero-order valence-corrected chi connectivity index (χ0v) is 17.5. The van der Waals surface area contributed by atoms with E-state index in [9.17, 15) is 4.79 Å². The lowest BCUT2D eigenvalue weighted by Crippen LogP contribution is -2.30. The second kappa shape index (κ2) is 10.1. The number of ether oxygens (including phenoxy) is 1. The summed E-state index contributed by atoms with van der Waals surface area (Å²) in [6, 6.07) is 8.79. The fraction of sp³-hybridized carbons (Fsp3) is 0.680. The van der Waals surface area contributed by atoms with Crippen molar-refractivity contribution >= 4 is 5.97 Å². The molecule has 1 aromatic rings. The standard InChI is InChI=1S/C25H35NO2/c1-3-18(2)16-19-4-8-21(9-5-19)22-12-14-24(15-13-22)28-25(27)23-10-6-20(17-26)7-11-23/h6-7,10-11,18-19,21-22,24H,3-5,8-9,12-16H2,1-2H3. The SMILES string of the molecule is CCC(C)CC1CCC(C2CCC(OC(=O)c3ccc(C#N)cc3)CC2)CC1. The lowest BCUT2D eigenvalue weighted by molar-refractivity contribution is 0.0108. The Hall–Kier alpha value is -1.82. The molecule has 0 amide bonds. The quantitative estimate of drug-likeness (QED) is 0.527. The first-order valence-electron chi connectivity index (χ1n) is 11.3. The van der Waals surface area contributed by atoms with E-state index in [1.54, 1.807) is 24.3 Å². The predicted octanol–water partition coefficient (Wildman–Crippen LogP) is 6.52. The van der Waals surface area contributed by atoms with Crippen LogP contribution in [0, 0.1) is 35.0 Å². The number of nitriles is 1. The van der Waals surface area contributed by atoms with Gasteiger partial charge in [0.25, 0.3) is 0 Å². The summed E-state index contributed by atoms with van der Waals surface area (Å²) in [4.78, 5) is 12.3. The van der Waals surface area contributed by atoms with Crippen molar-refractivity contribution < 1.29 is 9.53 Å². The van der Waals surface area contributed by atoms with E-state index in [1.807, 2.05) is 0 Å². The summed E-state index contributed by atoms with van der Waals surface area (Å²) in [5.41, 5.74) is 1.11. The minimum atomic E-state index is -0.251. The summed E-state index contributed by atoms with van der Waals surface area (Å²) in [5, 5.41) is 8.86. The maximum atomic E-state index is 12.3. The molecule has 3 rings (SSSR count). The predicted molar refractivity (Wildman–Crippen MR) is 112 cm³/mol. The zero-order valence-electron chi connectivity index (χ0n) is 17.5. The van der Waals surface area contributed by atoms with Crippen molar-refractivity contribution in [3.05, 3.63) is 35.4 Å². The average molecular weight is 382 g/mol. The second-order valence-electron chi connectivity index (χ2n) is 9.16. The van der Waals surface area contributed by atoms with E-state index in [0.29, 0.717) is 11.1 Å². The number of carbonyl (C=O) groups excluding carboxylic acids is 1. The van der Waals surface area contributed by atoms with E-state index < -0.39 is 0 Å². The summed E-state index contributed by atoms with van der Waals surface area (Å²) < 4.78 is 5.74. The number of hydrogen-bond acceptors (Lipinski definition) is 3. The molecule has 0 spiro atoms. The Bertz CT molecular complexity index is 659. The average Bonchev–Trinajstić information content (AvgIpc) is 2.75. The van der Waals surface area contributed by atoms with Gasteiger partial charge in [-0.05, 0) is 92.9 Å². The molecule has 152 valence electrons. The molecule has 1 unspecified atom stereocenters. The van der Waals surface area contributed by atoms with Gasteiger partial charge in [0, 0.05) is 0 Å². The van der Waals surface area contributed by atoms with E-state index in [-0.39, 0.29) is 12.1 Å². The summed E-state index contributed by atoms with van der Waals surface area (Å²) in [6.45, 7) is 4.70. The van der Waals surface area contributed by atoms with Gasteiger partial charge in [0.2, 0.25) is 0 Å². The minimum Gasteiger partial charge on any atom is -0.459 e. The van der Waals surface area contributed by atoms with Crippen LogP contribution >= 0.6 is 0 Å². The summed E-state index contributed by atoms with van der Waals surface area (Å²) in [5.74, 6) is 3.30. The highest BCUT2D eigenvalue weighted by molar-refractivity contribution is 5.89. The normalized spacial score (nSPS) is 28.9. The van der Waals surface area contributed by atoms with Crippen LogP contribution in [0.15, 0.2) is 24.3 Å². The van der Waals surface area contributed by atoms with Crippen LogP contribution in [0.25, 0.3) is 0 Å². The van der Waals surface area contributed by atoms with Gasteiger partial charge in [0.1, 0.15) is 6.10 Å². The first-order chi connectivity index (χ1) is 13.6. The van der Waals surface area contributed by atoms with Gasteiger partial charge in [-0.2, -0.15) is 5.26 Å². The van der Waals surface area contributed by atoms with E-state index in [4.69, 9.17) is 10.00 Å². The second-order valence-corrected chi connectivity index (χ2v) is 9.16. The molecule has 3 nitrogen and oxygen atoms in total. The van der Waals surface area contributed by atoms with Crippen molar-refractivity contribution in [2.24, 2.45) is 23.7 Å². The summed E-state index contributed by atoms with van der Waals surface area (Å²) in [6.07, 6.45) is 12.8. The van der Waals surface area contributed by atoms with Crippen LogP contribution in [0.2, 0.25) is 0 Å². The summed E-state index contributed by atoms with van der Waals surface area (Å²) >= 11 is 0. The molecule has 2 aliphatic rings. The van der Waals surface area contributed by atoms with E-state index in [1.165, 1.54) is 51.4 Å². The van der Waals surface area contributed by atoms with E-state index >= 15 is 0 Å². The molecule has 0 N–H and O–H groups in total. The Balaban J connectivity index is 1.40. The molecular weight excluding hydrogens is 346 g/mol. The molecular formula is C25H35NO2. The molecule has 2 saturated carbocycles. The largest absolute Gasteiger partial charge is 0.459 e. The van der Waals surface area contributed by atoms with Crippen LogP contribution in [0.1, 0.15) is 94.0 Å². The first-order valence-corrected chi connectivity index (χ1v) is 11.3. The molecule has 0 aliphatic heterocycles. The maximum Gasteiger partial charge on any atom is 0.338 e. The van der Waals surface area contributed by atoms with Gasteiger partial charge in [-0.3, -0.25) is 0 Å². The third-order valence-corrected chi connectivity index (χ3v) is 7.23. The van der Waals surface area contributed by atoms with Gasteiger partial charge < -0.3 is 4.74 Å². The molecule has 0 bridgehead atoms. The Morgan fingerprint density at radius 1 is 1.04 bits per heavy atom. The van der Waals surface area contributed by atoms with Crippen molar-refractivity contribution in [2.45, 2.75) is 84.2 Å². The highest BCUT2D eigenvalue weighted by Crippen LogP contribution is 2.42. The van der Waals surface area contributed by atoms with Crippen LogP contribution < -0.4 is 0 Å². The molecule has 3 heteroatoms. The van der Waals surface area contributed by atoms with Crippen molar-refractivity contribution in [1.82, 2.24) is 0 Å². The van der Waals surface area contributed by atoms with Crippen LogP contribution in [-0.2, 0) is 4.74 Å². The number of benzene rings is 1. The highest BCUT2D eigenvalue weighted by atomic mass is 16.5. The molecule has 28 heavy (non-hydrogen) atoms. The monoisotopic (exact) mass is 381 g/mol. The van der Waals surface area contributed by atoms with E-state index in [0.717, 1.165) is 36.5 Å². The Morgan fingerprint density at radius 2 is 1.61 bits per heavy atom. The van der Waals surface area contributed by atoms with Crippen LogP contribution in [0.5, 0.6) is 0 Å². The highest BCUT2D eigenvalue weighted by Gasteiger charge is 2.32. The third kappa shape index (κ3) is 5.60. The molecule has 1 aromatic carbocycles. The van der Waals surface area contributed by atoms with Gasteiger partial charge in [0.15, 0.2) is 0 Å². The van der Waals surface area contributed by atoms with Crippen molar-refractivity contribution in [3.63, 3.8) is 0 Å². The van der Waals surface area contributed by atoms with Gasteiger partial charge in [-0.15, -0.1) is 0 Å². The van der Waals surface area contributed by atoms with Crippen molar-refractivity contribution in [2.75, 3.05) is 0 Å². The molecule has 0 aromatic heterocycles. The topological polar surface area (TPSA) is 50.1 Å². The maximum absolute atomic E-state index is 12.3. The van der Waals surface area contributed by atoms with Gasteiger partial charge in [0.05, 0.1) is 17.2 Å². The van der Waals surface area contributed by atoms with Gasteiger partial charge in [-0.25, -0.2) is 4.79 Å². The molecule has 2 aliphatic carbocycles. The molecule has 0 radical (unpaired) electrons. The van der Waals surface area contributed by atoms with Crippen LogP contribution in [-0.4, -0.2) is 12.1 Å². The van der Waals surface area contributed by atoms with Gasteiger partial charge in [-0.1, -0.05) is 33.1 Å². The fourth-order valence-electron chi connectivity index (χ4n) is 5.21. The number of esters is 1. The van der Waals surface area contributed by atoms with E-state index in [2.05, 4.69) is 19.9 Å². The Kier molecular flexibility index (Phi) is 7.54. The molecule has 0 heterocycles. The van der Waals surface area contributed by atoms with Gasteiger partial charge >= 0.3 is 5.97 Å². The lowest BCUT2D eigenvalue weighted by Gasteiger charge is -2.38. The minimum absolute atomic E-state index is 0.0566. The number of nitrogens with zero attached hydrogens (tertiary/aromatic N) is 1. The molecule has 0 saturated heterocycles. The molecule has 1 atom stereocenters. The van der Waals surface area contributed by atoms with Crippen LogP contribution in [0.4, 0.5) is 0 Å². The Labute approximate surface area is 170 Å².